The summed E-state index contributed by atoms with van der Waals surface area (Å²) in [6.07, 6.45) is 0.584. The molecule has 3 aromatic rings. The predicted octanol–water partition coefficient (Wildman–Crippen LogP) is 4.63. The van der Waals surface area contributed by atoms with Gasteiger partial charge in [-0.1, -0.05) is 42.5 Å². The molecule has 4 rings (SSSR count). The van der Waals surface area contributed by atoms with Crippen molar-refractivity contribution in [1.29, 1.82) is 0 Å². The normalized spacial score (nSPS) is 17.7. The van der Waals surface area contributed by atoms with Crippen LogP contribution in [0.4, 0.5) is 4.79 Å². The fraction of sp³-hybridized carbons (Fsp3) is 0.394. The molecule has 1 aliphatic rings. The Balaban J connectivity index is 1.23. The van der Waals surface area contributed by atoms with Gasteiger partial charge >= 0.3 is 12.1 Å². The number of β-amino-alcohol motifs (C(OH)–C–C–N with tert-alkyl or cyclic N) is 1. The second-order valence-electron chi connectivity index (χ2n) is 11.8. The number of hydrogen-bond donors (Lipinski definition) is 2. The van der Waals surface area contributed by atoms with Gasteiger partial charge in [-0.3, -0.25) is 4.90 Å². The molecule has 0 spiro atoms. The number of esters is 1. The van der Waals surface area contributed by atoms with Gasteiger partial charge in [-0.2, -0.15) is 0 Å². The van der Waals surface area contributed by atoms with Crippen LogP contribution >= 0.6 is 0 Å². The lowest BCUT2D eigenvalue weighted by Crippen LogP contribution is -2.46. The van der Waals surface area contributed by atoms with Crippen LogP contribution in [-0.4, -0.2) is 67.6 Å². The summed E-state index contributed by atoms with van der Waals surface area (Å²) in [5, 5.41) is 13.3. The summed E-state index contributed by atoms with van der Waals surface area (Å²) in [6.45, 7) is 7.10. The molecule has 3 aromatic carbocycles. The molecule has 1 fully saturated rings. The van der Waals surface area contributed by atoms with Gasteiger partial charge in [-0.25, -0.2) is 18.0 Å². The van der Waals surface area contributed by atoms with E-state index in [-0.39, 0.29) is 28.9 Å². The van der Waals surface area contributed by atoms with E-state index in [1.165, 1.54) is 29.8 Å². The number of aliphatic hydroxyl groups excluding tert-OH is 1. The quantitative estimate of drug-likeness (QED) is 0.252. The van der Waals surface area contributed by atoms with Crippen molar-refractivity contribution < 1.29 is 32.6 Å². The fourth-order valence-electron chi connectivity index (χ4n) is 4.90. The third kappa shape index (κ3) is 9.91. The molecule has 2 atom stereocenters. The van der Waals surface area contributed by atoms with Gasteiger partial charge < -0.3 is 19.9 Å². The molecule has 10 heteroatoms. The lowest BCUT2D eigenvalue weighted by Gasteiger charge is -2.36. The van der Waals surface area contributed by atoms with E-state index >= 15 is 0 Å². The third-order valence-corrected chi connectivity index (χ3v) is 8.95. The second kappa shape index (κ2) is 14.2. The molecule has 1 heterocycles. The Kier molecular flexibility index (Phi) is 10.6. The topological polar surface area (TPSA) is 122 Å². The van der Waals surface area contributed by atoms with E-state index in [1.807, 2.05) is 23.1 Å². The number of hydrogen-bond acceptors (Lipinski definition) is 8. The molecule has 0 unspecified atom stereocenters. The van der Waals surface area contributed by atoms with E-state index in [2.05, 4.69) is 17.4 Å². The summed E-state index contributed by atoms with van der Waals surface area (Å²) in [4.78, 5) is 26.6. The van der Waals surface area contributed by atoms with Crippen LogP contribution in [0, 0.1) is 5.92 Å². The van der Waals surface area contributed by atoms with Gasteiger partial charge in [-0.15, -0.1) is 0 Å². The zero-order valence-corrected chi connectivity index (χ0v) is 25.7. The molecule has 9 nitrogen and oxygen atoms in total. The maximum Gasteiger partial charge on any atom is 0.407 e. The third-order valence-electron chi connectivity index (χ3n) is 7.24. The Hall–Kier alpha value is -3.73. The average molecular weight is 609 g/mol. The maximum absolute atomic E-state index is 13.0. The summed E-state index contributed by atoms with van der Waals surface area (Å²) in [6, 6.07) is 22.5. The molecule has 0 saturated carbocycles. The fourth-order valence-corrected chi connectivity index (χ4v) is 6.18. The Bertz CT molecular complexity index is 1470. The minimum absolute atomic E-state index is 0.0721. The van der Waals surface area contributed by atoms with E-state index in [9.17, 15) is 23.1 Å². The number of alkyl carbamates (subject to hydrolysis) is 1. The summed E-state index contributed by atoms with van der Waals surface area (Å²) in [5.74, 6) is -0.276. The first-order chi connectivity index (χ1) is 20.4. The zero-order valence-electron chi connectivity index (χ0n) is 24.9. The number of amides is 1. The van der Waals surface area contributed by atoms with E-state index < -0.39 is 33.6 Å². The number of rotatable bonds is 10. The highest BCUT2D eigenvalue weighted by Gasteiger charge is 2.28. The Morgan fingerprint density at radius 1 is 0.953 bits per heavy atom. The van der Waals surface area contributed by atoms with Crippen molar-refractivity contribution in [2.24, 2.45) is 5.92 Å². The number of likely N-dealkylation sites (tertiary alicyclic amines) is 1. The minimum atomic E-state index is -3.57. The largest absolute Gasteiger partial charge is 0.444 e. The van der Waals surface area contributed by atoms with Gasteiger partial charge in [0, 0.05) is 19.6 Å². The number of nitrogens with one attached hydrogen (secondary N) is 1. The second-order valence-corrected chi connectivity index (χ2v) is 13.9. The van der Waals surface area contributed by atoms with E-state index in [0.29, 0.717) is 18.7 Å². The molecule has 1 saturated heterocycles. The number of carbonyl (C=O) groups excluding carboxylic acids is 2. The van der Waals surface area contributed by atoms with Crippen molar-refractivity contribution >= 4 is 21.9 Å². The molecule has 0 bridgehead atoms. The van der Waals surface area contributed by atoms with Crippen LogP contribution < -0.4 is 10.1 Å². The number of sulfone groups is 1. The number of ether oxygens (including phenoxy) is 2. The molecule has 1 aliphatic heterocycles. The molecule has 230 valence electrons. The van der Waals surface area contributed by atoms with Crippen molar-refractivity contribution in [3.8, 4) is 5.75 Å². The molecule has 0 aliphatic carbocycles. The maximum atomic E-state index is 13.0. The number of piperidine rings is 1. The lowest BCUT2D eigenvalue weighted by molar-refractivity contribution is 0.0245. The Labute approximate surface area is 253 Å². The number of aliphatic hydroxyl groups is 1. The minimum Gasteiger partial charge on any atom is -0.444 e. The van der Waals surface area contributed by atoms with Crippen molar-refractivity contribution in [2.75, 3.05) is 25.4 Å². The van der Waals surface area contributed by atoms with Crippen LogP contribution in [0.5, 0.6) is 5.75 Å². The standard InChI is InChI=1S/C33H40N2O7S/c1-33(2,3)42-32(38)34-22-25-9-11-26(12-10-25)31(37)41-28-13-15-29(16-14-28)43(39,40)20-19-35-18-17-27(30(36)23-35)21-24-7-5-4-6-8-24/h4-16,27,30,36H,17-23H2,1-3H3,(H,34,38)/t27-,30-/m1/s1. The van der Waals surface area contributed by atoms with Gasteiger partial charge in [0.25, 0.3) is 0 Å². The van der Waals surface area contributed by atoms with Crippen molar-refractivity contribution in [3.05, 3.63) is 95.6 Å². The van der Waals surface area contributed by atoms with Gasteiger partial charge in [0.05, 0.1) is 22.3 Å². The van der Waals surface area contributed by atoms with Crippen LogP contribution in [0.25, 0.3) is 0 Å². The van der Waals surface area contributed by atoms with Gasteiger partial charge in [-0.05, 0) is 93.6 Å². The Morgan fingerprint density at radius 3 is 2.26 bits per heavy atom. The monoisotopic (exact) mass is 608 g/mol. The summed E-state index contributed by atoms with van der Waals surface area (Å²) < 4.78 is 36.6. The first-order valence-electron chi connectivity index (χ1n) is 14.4. The highest BCUT2D eigenvalue weighted by atomic mass is 32.2. The first-order valence-corrected chi connectivity index (χ1v) is 16.1. The van der Waals surface area contributed by atoms with Gasteiger partial charge in [0.15, 0.2) is 9.84 Å². The van der Waals surface area contributed by atoms with Gasteiger partial charge in [0.2, 0.25) is 0 Å². The number of benzene rings is 3. The van der Waals surface area contributed by atoms with Crippen LogP contribution in [0.15, 0.2) is 83.8 Å². The molecule has 43 heavy (non-hydrogen) atoms. The first kappa shape index (κ1) is 32.2. The van der Waals surface area contributed by atoms with Crippen LogP contribution in [-0.2, 0) is 27.5 Å². The molecule has 2 N–H and O–H groups in total. The van der Waals surface area contributed by atoms with Crippen molar-refractivity contribution in [2.45, 2.75) is 56.8 Å². The smallest absolute Gasteiger partial charge is 0.407 e. The average Bonchev–Trinajstić information content (AvgIpc) is 2.96. The van der Waals surface area contributed by atoms with E-state index in [0.717, 1.165) is 24.9 Å². The van der Waals surface area contributed by atoms with E-state index in [4.69, 9.17) is 9.47 Å². The molecular formula is C33H40N2O7S. The summed E-state index contributed by atoms with van der Waals surface area (Å²) in [5.41, 5.74) is 1.69. The SMILES string of the molecule is CC(C)(C)OC(=O)NCc1ccc(C(=O)Oc2ccc(S(=O)(=O)CCN3CC[C@H](Cc4ccccc4)[C@H](O)C3)cc2)cc1. The number of carbonyl (C=O) groups is 2. The molecule has 1 amide bonds. The summed E-state index contributed by atoms with van der Waals surface area (Å²) >= 11 is 0. The van der Waals surface area contributed by atoms with Gasteiger partial charge in [0.1, 0.15) is 11.4 Å². The van der Waals surface area contributed by atoms with Crippen LogP contribution in [0.3, 0.4) is 0 Å². The van der Waals surface area contributed by atoms with Crippen LogP contribution in [0.2, 0.25) is 0 Å². The van der Waals surface area contributed by atoms with Crippen molar-refractivity contribution in [1.82, 2.24) is 10.2 Å². The summed E-state index contributed by atoms with van der Waals surface area (Å²) in [7, 11) is -3.57. The zero-order chi connectivity index (χ0) is 31.0. The predicted molar refractivity (Wildman–Crippen MR) is 164 cm³/mol. The Morgan fingerprint density at radius 2 is 1.63 bits per heavy atom. The molecule has 0 aromatic heterocycles. The molecule has 0 radical (unpaired) electrons. The van der Waals surface area contributed by atoms with E-state index in [1.54, 1.807) is 45.0 Å². The van der Waals surface area contributed by atoms with Crippen molar-refractivity contribution in [3.63, 3.8) is 0 Å². The number of nitrogens with zero attached hydrogens (tertiary/aromatic N) is 1. The van der Waals surface area contributed by atoms with Crippen LogP contribution in [0.1, 0.15) is 48.7 Å². The molecular weight excluding hydrogens is 568 g/mol. The highest BCUT2D eigenvalue weighted by Crippen LogP contribution is 2.23. The lowest BCUT2D eigenvalue weighted by atomic mass is 9.88. The highest BCUT2D eigenvalue weighted by molar-refractivity contribution is 7.91.